The number of aliphatic hydroxyl groups excluding tert-OH is 5. The Morgan fingerprint density at radius 2 is 1.19 bits per heavy atom. The Bertz CT molecular complexity index is 1140. The molecule has 1 aliphatic heterocycles. The Kier molecular flexibility index (Phi) is 30.6. The van der Waals surface area contributed by atoms with Crippen LogP contribution in [-0.4, -0.2) is 87.5 Å². The van der Waals surface area contributed by atoms with Crippen molar-refractivity contribution in [1.82, 2.24) is 5.32 Å². The SMILES string of the molecule is CC/C=C\C/C=C\C/C=C\C/C=C\C/C=C\CCCCCC(=O)NC(COC1OC(CO)C(O)C(O)C1O)C(O)/C=C/CC/C=C/CC/C=C/CCC. The highest BCUT2D eigenvalue weighted by molar-refractivity contribution is 5.76. The number of carbonyl (C=O) groups is 1. The average Bonchev–Trinajstić information content (AvgIpc) is 3.16. The first-order chi connectivity index (χ1) is 25.8. The van der Waals surface area contributed by atoms with E-state index in [0.717, 1.165) is 83.5 Å². The smallest absolute Gasteiger partial charge is 0.220 e. The molecule has 0 aromatic carbocycles. The van der Waals surface area contributed by atoms with Crippen LogP contribution >= 0.6 is 0 Å². The number of unbranched alkanes of at least 4 members (excludes halogenated alkanes) is 6. The second-order valence-corrected chi connectivity index (χ2v) is 13.3. The second-order valence-electron chi connectivity index (χ2n) is 13.3. The van der Waals surface area contributed by atoms with E-state index >= 15 is 0 Å². The summed E-state index contributed by atoms with van der Waals surface area (Å²) in [5, 5.41) is 53.9. The van der Waals surface area contributed by atoms with Gasteiger partial charge in [0.2, 0.25) is 5.91 Å². The summed E-state index contributed by atoms with van der Waals surface area (Å²) in [4.78, 5) is 12.9. The molecule has 0 aromatic rings. The molecule has 1 amide bonds. The Balaban J connectivity index is 2.47. The molecule has 53 heavy (non-hydrogen) atoms. The van der Waals surface area contributed by atoms with E-state index in [4.69, 9.17) is 9.47 Å². The summed E-state index contributed by atoms with van der Waals surface area (Å²) in [6.45, 7) is 3.49. The van der Waals surface area contributed by atoms with Crippen LogP contribution in [0.3, 0.4) is 0 Å². The number of rotatable bonds is 30. The van der Waals surface area contributed by atoms with Crippen LogP contribution in [0.4, 0.5) is 0 Å². The molecule has 0 spiro atoms. The molecule has 1 saturated heterocycles. The first kappa shape index (κ1) is 48.1. The monoisotopic (exact) mass is 742 g/mol. The van der Waals surface area contributed by atoms with Crippen molar-refractivity contribution in [1.29, 1.82) is 0 Å². The fourth-order valence-electron chi connectivity index (χ4n) is 5.39. The minimum atomic E-state index is -1.58. The molecule has 0 radical (unpaired) electrons. The number of ether oxygens (including phenoxy) is 2. The average molecular weight is 742 g/mol. The van der Waals surface area contributed by atoms with Gasteiger partial charge in [-0.15, -0.1) is 0 Å². The van der Waals surface area contributed by atoms with Gasteiger partial charge in [-0.1, -0.05) is 124 Å². The van der Waals surface area contributed by atoms with E-state index in [1.165, 1.54) is 0 Å². The minimum absolute atomic E-state index is 0.227. The lowest BCUT2D eigenvalue weighted by Gasteiger charge is -2.40. The number of carbonyl (C=O) groups excluding carboxylic acids is 1. The molecule has 9 nitrogen and oxygen atoms in total. The minimum Gasteiger partial charge on any atom is -0.394 e. The molecular weight excluding hydrogens is 670 g/mol. The van der Waals surface area contributed by atoms with Crippen molar-refractivity contribution in [3.8, 4) is 0 Å². The first-order valence-corrected chi connectivity index (χ1v) is 20.0. The highest BCUT2D eigenvalue weighted by atomic mass is 16.7. The number of nitrogens with one attached hydrogen (secondary N) is 1. The van der Waals surface area contributed by atoms with Crippen LogP contribution in [0.5, 0.6) is 0 Å². The van der Waals surface area contributed by atoms with Gasteiger partial charge in [0, 0.05) is 6.42 Å². The quantitative estimate of drug-likeness (QED) is 0.0330. The number of allylic oxidation sites excluding steroid dienone is 15. The van der Waals surface area contributed by atoms with Crippen LogP contribution in [0.2, 0.25) is 0 Å². The third-order valence-corrected chi connectivity index (χ3v) is 8.60. The maximum Gasteiger partial charge on any atom is 0.220 e. The zero-order valence-corrected chi connectivity index (χ0v) is 32.5. The van der Waals surface area contributed by atoms with E-state index in [0.29, 0.717) is 12.8 Å². The van der Waals surface area contributed by atoms with Gasteiger partial charge in [0.05, 0.1) is 25.4 Å². The normalized spacial score (nSPS) is 22.7. The maximum atomic E-state index is 12.9. The van der Waals surface area contributed by atoms with Crippen LogP contribution in [0.1, 0.15) is 117 Å². The van der Waals surface area contributed by atoms with Gasteiger partial charge < -0.3 is 40.3 Å². The summed E-state index contributed by atoms with van der Waals surface area (Å²) < 4.78 is 11.1. The Morgan fingerprint density at radius 3 is 1.75 bits per heavy atom. The largest absolute Gasteiger partial charge is 0.394 e. The van der Waals surface area contributed by atoms with E-state index in [1.807, 2.05) is 6.08 Å². The predicted octanol–water partition coefficient (Wildman–Crippen LogP) is 7.38. The molecule has 1 rings (SSSR count). The molecule has 6 N–H and O–H groups in total. The van der Waals surface area contributed by atoms with Gasteiger partial charge in [0.15, 0.2) is 6.29 Å². The Morgan fingerprint density at radius 1 is 0.660 bits per heavy atom. The molecule has 1 aliphatic rings. The van der Waals surface area contributed by atoms with Crippen LogP contribution in [-0.2, 0) is 14.3 Å². The summed E-state index contributed by atoms with van der Waals surface area (Å²) in [6.07, 6.45) is 40.2. The Hall–Kier alpha value is -2.89. The van der Waals surface area contributed by atoms with E-state index in [-0.39, 0.29) is 18.9 Å². The number of hydrogen-bond acceptors (Lipinski definition) is 8. The zero-order chi connectivity index (χ0) is 38.8. The first-order valence-electron chi connectivity index (χ1n) is 20.0. The fourth-order valence-corrected chi connectivity index (χ4v) is 5.39. The van der Waals surface area contributed by atoms with Gasteiger partial charge in [0.25, 0.3) is 0 Å². The summed E-state index contributed by atoms with van der Waals surface area (Å²) in [5.41, 5.74) is 0. The van der Waals surface area contributed by atoms with E-state index < -0.39 is 49.5 Å². The molecule has 7 atom stereocenters. The van der Waals surface area contributed by atoms with Gasteiger partial charge in [-0.05, 0) is 83.5 Å². The molecule has 7 unspecified atom stereocenters. The Labute approximate surface area is 320 Å². The highest BCUT2D eigenvalue weighted by Crippen LogP contribution is 2.22. The second kappa shape index (κ2) is 33.7. The standard InChI is InChI=1S/C44H71NO8/c1-3-5-7-9-11-13-15-16-17-18-19-20-21-22-24-26-28-30-32-34-40(48)45-37(36-52-44-43(51)42(50)41(49)39(35-46)53-44)38(47)33-31-29-27-25-23-14-12-10-8-6-4-2/h5,7-8,10-11,13,16-17,19-20,22-25,31,33,37-39,41-44,46-47,49-51H,3-4,6,9,12,14-15,18,21,26-30,32,34-36H2,1-2H3,(H,45,48)/b7-5-,10-8+,13-11-,17-16-,20-19-,24-22-,25-23+,33-31+. The van der Waals surface area contributed by atoms with Crippen LogP contribution < -0.4 is 5.32 Å². The number of hydrogen-bond donors (Lipinski definition) is 6. The summed E-state index contributed by atoms with van der Waals surface area (Å²) in [5.74, 6) is -0.231. The third-order valence-electron chi connectivity index (χ3n) is 8.60. The highest BCUT2D eigenvalue weighted by Gasteiger charge is 2.44. The molecule has 9 heteroatoms. The topological polar surface area (TPSA) is 149 Å². The van der Waals surface area contributed by atoms with Gasteiger partial charge >= 0.3 is 0 Å². The fraction of sp³-hybridized carbons (Fsp3) is 0.614. The predicted molar refractivity (Wildman–Crippen MR) is 216 cm³/mol. The van der Waals surface area contributed by atoms with Crippen molar-refractivity contribution in [3.63, 3.8) is 0 Å². The maximum absolute atomic E-state index is 12.9. The van der Waals surface area contributed by atoms with Gasteiger partial charge in [-0.3, -0.25) is 4.79 Å². The summed E-state index contributed by atoms with van der Waals surface area (Å²) in [6, 6.07) is -0.849. The van der Waals surface area contributed by atoms with Gasteiger partial charge in [-0.2, -0.15) is 0 Å². The summed E-state index contributed by atoms with van der Waals surface area (Å²) in [7, 11) is 0. The summed E-state index contributed by atoms with van der Waals surface area (Å²) >= 11 is 0. The molecule has 0 aromatic heterocycles. The molecule has 1 heterocycles. The lowest BCUT2D eigenvalue weighted by Crippen LogP contribution is -2.60. The van der Waals surface area contributed by atoms with Crippen molar-refractivity contribution in [2.24, 2.45) is 0 Å². The zero-order valence-electron chi connectivity index (χ0n) is 32.5. The molecule has 1 fully saturated rings. The van der Waals surface area contributed by atoms with Crippen molar-refractivity contribution in [3.05, 3.63) is 97.2 Å². The van der Waals surface area contributed by atoms with Crippen LogP contribution in [0.15, 0.2) is 97.2 Å². The van der Waals surface area contributed by atoms with Crippen molar-refractivity contribution in [2.45, 2.75) is 159 Å². The number of aliphatic hydroxyl groups is 5. The van der Waals surface area contributed by atoms with E-state index in [2.05, 4.69) is 104 Å². The van der Waals surface area contributed by atoms with Crippen molar-refractivity contribution < 1.29 is 39.8 Å². The third kappa shape index (κ3) is 24.9. The van der Waals surface area contributed by atoms with E-state index in [1.54, 1.807) is 6.08 Å². The van der Waals surface area contributed by atoms with Crippen molar-refractivity contribution >= 4 is 5.91 Å². The van der Waals surface area contributed by atoms with Crippen LogP contribution in [0, 0.1) is 0 Å². The van der Waals surface area contributed by atoms with Crippen LogP contribution in [0.25, 0.3) is 0 Å². The molecule has 0 bridgehead atoms. The van der Waals surface area contributed by atoms with Gasteiger partial charge in [0.1, 0.15) is 24.4 Å². The molecule has 300 valence electrons. The van der Waals surface area contributed by atoms with Crippen molar-refractivity contribution in [2.75, 3.05) is 13.2 Å². The van der Waals surface area contributed by atoms with E-state index in [9.17, 15) is 30.3 Å². The molecule has 0 saturated carbocycles. The molecule has 0 aliphatic carbocycles. The lowest BCUT2D eigenvalue weighted by atomic mass is 9.99. The van der Waals surface area contributed by atoms with Gasteiger partial charge in [-0.25, -0.2) is 0 Å². The number of amides is 1. The molecular formula is C44H71NO8. The lowest BCUT2D eigenvalue weighted by molar-refractivity contribution is -0.302.